The van der Waals surface area contributed by atoms with Gasteiger partial charge in [-0.2, -0.15) is 0 Å². The Hall–Kier alpha value is -1.46. The summed E-state index contributed by atoms with van der Waals surface area (Å²) in [5, 5.41) is 0. The molecule has 1 saturated carbocycles. The third-order valence-corrected chi connectivity index (χ3v) is 6.10. The van der Waals surface area contributed by atoms with Gasteiger partial charge in [-0.05, 0) is 55.4 Å². The summed E-state index contributed by atoms with van der Waals surface area (Å²) in [4.78, 5) is 17.0. The number of ether oxygens (including phenoxy) is 1. The molecule has 3 fully saturated rings. The maximum absolute atomic E-state index is 13.0. The third-order valence-electron chi connectivity index (χ3n) is 6.10. The van der Waals surface area contributed by atoms with Crippen LogP contribution in [0.4, 0.5) is 4.39 Å². The summed E-state index contributed by atoms with van der Waals surface area (Å²) >= 11 is 0. The van der Waals surface area contributed by atoms with Gasteiger partial charge in [0.15, 0.2) is 0 Å². The van der Waals surface area contributed by atoms with Crippen molar-refractivity contribution in [3.05, 3.63) is 35.6 Å². The molecule has 0 aromatic heterocycles. The third kappa shape index (κ3) is 3.07. The van der Waals surface area contributed by atoms with Crippen LogP contribution in [-0.4, -0.2) is 61.1 Å². The van der Waals surface area contributed by atoms with Gasteiger partial charge < -0.3 is 9.64 Å². The molecule has 0 atom stereocenters. The first kappa shape index (κ1) is 16.0. The summed E-state index contributed by atoms with van der Waals surface area (Å²) in [6, 6.07) is 6.60. The molecule has 1 amide bonds. The van der Waals surface area contributed by atoms with E-state index in [1.54, 1.807) is 12.1 Å². The highest BCUT2D eigenvalue weighted by Gasteiger charge is 2.48. The predicted octanol–water partition coefficient (Wildman–Crippen LogP) is 2.54. The maximum Gasteiger partial charge on any atom is 0.253 e. The van der Waals surface area contributed by atoms with E-state index in [0.717, 1.165) is 52.2 Å². The van der Waals surface area contributed by atoms with Gasteiger partial charge in [0, 0.05) is 37.8 Å². The number of benzene rings is 1. The average Bonchev–Trinajstić information content (AvgIpc) is 2.61. The maximum atomic E-state index is 13.0. The zero-order valence-electron chi connectivity index (χ0n) is 14.0. The molecule has 1 spiro atoms. The van der Waals surface area contributed by atoms with Crippen molar-refractivity contribution in [2.75, 3.05) is 39.4 Å². The Morgan fingerprint density at radius 1 is 1.04 bits per heavy atom. The molecule has 4 rings (SSSR count). The Kier molecular flexibility index (Phi) is 4.31. The molecule has 5 heteroatoms. The first-order valence-electron chi connectivity index (χ1n) is 9.02. The molecular formula is C19H25FN2O2. The second-order valence-corrected chi connectivity index (χ2v) is 7.51. The van der Waals surface area contributed by atoms with Gasteiger partial charge in [0.25, 0.3) is 5.91 Å². The van der Waals surface area contributed by atoms with Crippen molar-refractivity contribution in [2.45, 2.75) is 31.7 Å². The lowest BCUT2D eigenvalue weighted by molar-refractivity contribution is -0.0703. The number of hydrogen-bond donors (Lipinski definition) is 0. The van der Waals surface area contributed by atoms with Crippen LogP contribution in [0.5, 0.6) is 0 Å². The van der Waals surface area contributed by atoms with Crippen molar-refractivity contribution < 1.29 is 13.9 Å². The smallest absolute Gasteiger partial charge is 0.253 e. The first-order valence-corrected chi connectivity index (χ1v) is 9.02. The van der Waals surface area contributed by atoms with E-state index in [0.29, 0.717) is 17.0 Å². The van der Waals surface area contributed by atoms with Crippen LogP contribution in [0.3, 0.4) is 0 Å². The van der Waals surface area contributed by atoms with Gasteiger partial charge in [0.1, 0.15) is 5.82 Å². The van der Waals surface area contributed by atoms with Gasteiger partial charge in [0.2, 0.25) is 0 Å². The summed E-state index contributed by atoms with van der Waals surface area (Å²) in [5.41, 5.74) is 1.04. The molecule has 4 nitrogen and oxygen atoms in total. The number of nitrogens with zero attached hydrogens (tertiary/aromatic N) is 2. The molecule has 2 saturated heterocycles. The van der Waals surface area contributed by atoms with Crippen molar-refractivity contribution in [2.24, 2.45) is 5.41 Å². The van der Waals surface area contributed by atoms with E-state index in [9.17, 15) is 9.18 Å². The highest BCUT2D eigenvalue weighted by Crippen LogP contribution is 2.51. The molecule has 1 aromatic carbocycles. The number of piperidine rings is 1. The lowest BCUT2D eigenvalue weighted by Gasteiger charge is -2.55. The summed E-state index contributed by atoms with van der Waals surface area (Å²) in [6.45, 7) is 5.51. The van der Waals surface area contributed by atoms with Crippen molar-refractivity contribution in [3.8, 4) is 0 Å². The molecule has 130 valence electrons. The van der Waals surface area contributed by atoms with E-state index >= 15 is 0 Å². The van der Waals surface area contributed by atoms with E-state index in [-0.39, 0.29) is 11.7 Å². The zero-order chi connectivity index (χ0) is 16.6. The monoisotopic (exact) mass is 332 g/mol. The lowest BCUT2D eigenvalue weighted by Crippen LogP contribution is -2.57. The molecule has 2 aliphatic heterocycles. The van der Waals surface area contributed by atoms with E-state index in [2.05, 4.69) is 4.90 Å². The minimum absolute atomic E-state index is 0.0360. The largest absolute Gasteiger partial charge is 0.379 e. The fourth-order valence-corrected chi connectivity index (χ4v) is 4.51. The van der Waals surface area contributed by atoms with Crippen LogP contribution in [0, 0.1) is 11.2 Å². The fourth-order valence-electron chi connectivity index (χ4n) is 4.51. The van der Waals surface area contributed by atoms with Crippen LogP contribution < -0.4 is 0 Å². The van der Waals surface area contributed by atoms with Crippen molar-refractivity contribution in [1.29, 1.82) is 0 Å². The van der Waals surface area contributed by atoms with Gasteiger partial charge >= 0.3 is 0 Å². The second-order valence-electron chi connectivity index (χ2n) is 7.51. The molecular weight excluding hydrogens is 307 g/mol. The summed E-state index contributed by atoms with van der Waals surface area (Å²) in [6.07, 6.45) is 4.73. The van der Waals surface area contributed by atoms with Gasteiger partial charge in [0.05, 0.1) is 13.2 Å². The zero-order valence-corrected chi connectivity index (χ0v) is 14.0. The number of rotatable bonds is 2. The highest BCUT2D eigenvalue weighted by atomic mass is 19.1. The molecule has 1 aromatic rings. The summed E-state index contributed by atoms with van der Waals surface area (Å²) < 4.78 is 18.4. The van der Waals surface area contributed by atoms with E-state index < -0.39 is 0 Å². The number of carbonyl (C=O) groups excluding carboxylic acids is 1. The highest BCUT2D eigenvalue weighted by molar-refractivity contribution is 5.94. The molecule has 1 aliphatic carbocycles. The van der Waals surface area contributed by atoms with Gasteiger partial charge in [-0.25, -0.2) is 4.39 Å². The summed E-state index contributed by atoms with van der Waals surface area (Å²) in [7, 11) is 0. The van der Waals surface area contributed by atoms with Crippen LogP contribution >= 0.6 is 0 Å². The number of hydrogen-bond acceptors (Lipinski definition) is 3. The van der Waals surface area contributed by atoms with Crippen LogP contribution in [0.15, 0.2) is 24.3 Å². The Bertz CT molecular complexity index is 582. The Morgan fingerprint density at radius 3 is 2.29 bits per heavy atom. The number of amides is 1. The van der Waals surface area contributed by atoms with Gasteiger partial charge in [-0.3, -0.25) is 9.69 Å². The Labute approximate surface area is 142 Å². The standard InChI is InChI=1S/C19H25FN2O2/c20-16-3-1-15(2-4-16)18(23)22-7-5-19(6-8-22)13-17(14-19)21-9-11-24-12-10-21/h1-4,17H,5-14H2. The average molecular weight is 332 g/mol. The van der Waals surface area contributed by atoms with Crippen LogP contribution in [0.2, 0.25) is 0 Å². The quantitative estimate of drug-likeness (QED) is 0.834. The SMILES string of the molecule is O=C(c1ccc(F)cc1)N1CCC2(CC1)CC(N1CCOCC1)C2. The normalized spacial score (nSPS) is 24.8. The minimum Gasteiger partial charge on any atom is -0.379 e. The molecule has 3 aliphatic rings. The Morgan fingerprint density at radius 2 is 1.67 bits per heavy atom. The molecule has 24 heavy (non-hydrogen) atoms. The first-order chi connectivity index (χ1) is 11.7. The van der Waals surface area contributed by atoms with Crippen molar-refractivity contribution in [1.82, 2.24) is 9.80 Å². The molecule has 0 N–H and O–H groups in total. The molecule has 2 heterocycles. The number of carbonyl (C=O) groups is 1. The minimum atomic E-state index is -0.298. The Balaban J connectivity index is 1.29. The van der Waals surface area contributed by atoms with Gasteiger partial charge in [-0.1, -0.05) is 0 Å². The lowest BCUT2D eigenvalue weighted by atomic mass is 9.60. The summed E-state index contributed by atoms with van der Waals surface area (Å²) in [5.74, 6) is -0.262. The van der Waals surface area contributed by atoms with Crippen LogP contribution in [0.25, 0.3) is 0 Å². The fraction of sp³-hybridized carbons (Fsp3) is 0.632. The molecule has 0 radical (unpaired) electrons. The predicted molar refractivity (Wildman–Crippen MR) is 89.4 cm³/mol. The second kappa shape index (κ2) is 6.45. The number of halogens is 1. The van der Waals surface area contributed by atoms with Crippen molar-refractivity contribution in [3.63, 3.8) is 0 Å². The van der Waals surface area contributed by atoms with E-state index in [1.165, 1.54) is 25.0 Å². The number of likely N-dealkylation sites (tertiary alicyclic amines) is 1. The van der Waals surface area contributed by atoms with Crippen LogP contribution in [0.1, 0.15) is 36.0 Å². The molecule has 0 bridgehead atoms. The van der Waals surface area contributed by atoms with E-state index in [4.69, 9.17) is 4.74 Å². The van der Waals surface area contributed by atoms with Crippen LogP contribution in [-0.2, 0) is 4.74 Å². The topological polar surface area (TPSA) is 32.8 Å². The molecule has 0 unspecified atom stereocenters. The van der Waals surface area contributed by atoms with Crippen molar-refractivity contribution >= 4 is 5.91 Å². The van der Waals surface area contributed by atoms with E-state index in [1.807, 2.05) is 4.90 Å². The van der Waals surface area contributed by atoms with Gasteiger partial charge in [-0.15, -0.1) is 0 Å². The number of morpholine rings is 1.